The van der Waals surface area contributed by atoms with E-state index in [1.165, 1.54) is 13.1 Å². The molecule has 9 nitrogen and oxygen atoms in total. The number of aromatic nitrogens is 4. The Morgan fingerprint density at radius 2 is 2.03 bits per heavy atom. The first-order valence-electron chi connectivity index (χ1n) is 8.79. The SMILES string of the molecule is CC(=O)NCCNC(=O)[C@H](C)Nc1nc(-c2c[nH]c3ncc(Cl)cc23)ncc1F.[HH].[HH].[HH].[HH]. The average Bonchev–Trinajstić information content (AvgIpc) is 3.09. The number of nitrogens with one attached hydrogen (secondary N) is 4. The van der Waals surface area contributed by atoms with Gasteiger partial charge in [-0.05, 0) is 13.0 Å². The number of rotatable bonds is 7. The molecule has 160 valence electrons. The second kappa shape index (κ2) is 8.82. The first-order chi connectivity index (χ1) is 13.8. The van der Waals surface area contributed by atoms with Crippen LogP contribution in [-0.2, 0) is 9.59 Å². The quantitative estimate of drug-likeness (QED) is 0.430. The van der Waals surface area contributed by atoms with Gasteiger partial charge in [-0.2, -0.15) is 0 Å². The van der Waals surface area contributed by atoms with Crippen LogP contribution in [0.5, 0.6) is 0 Å². The Kier molecular flexibility index (Phi) is 6.23. The van der Waals surface area contributed by atoms with Crippen LogP contribution in [0.4, 0.5) is 10.2 Å². The molecule has 2 amide bonds. The first-order valence-corrected chi connectivity index (χ1v) is 9.17. The molecule has 3 rings (SSSR count). The molecule has 0 unspecified atom stereocenters. The molecule has 29 heavy (non-hydrogen) atoms. The van der Waals surface area contributed by atoms with Crippen LogP contribution < -0.4 is 16.0 Å². The predicted octanol–water partition coefficient (Wildman–Crippen LogP) is 2.85. The first kappa shape index (κ1) is 20.5. The smallest absolute Gasteiger partial charge is 0.242 e. The van der Waals surface area contributed by atoms with Crippen molar-refractivity contribution in [3.63, 3.8) is 0 Å². The standard InChI is InChI=1S/C18H19ClFN7O2.4H2/c1-9(18(29)22-4-3-21-10(2)28)26-17-14(20)8-25-16(27-17)13-7-24-15-12(13)5-11(19)6-23-15;;;;/h5-9H,3-4H2,1-2H3,(H,21,28)(H,22,29)(H,23,24)(H,25,26,27);4*1H/t9-;;;;/m0..../s1. The zero-order valence-corrected chi connectivity index (χ0v) is 16.5. The normalized spacial score (nSPS) is 11.9. The molecule has 0 aliphatic heterocycles. The van der Waals surface area contributed by atoms with Gasteiger partial charge in [0.05, 0.1) is 11.2 Å². The molecule has 4 N–H and O–H groups in total. The Labute approximate surface area is 176 Å². The highest BCUT2D eigenvalue weighted by Crippen LogP contribution is 2.28. The number of H-pyrrole nitrogens is 1. The van der Waals surface area contributed by atoms with Gasteiger partial charge in [-0.1, -0.05) is 11.6 Å². The second-order valence-corrected chi connectivity index (χ2v) is 6.72. The van der Waals surface area contributed by atoms with Crippen LogP contribution in [0.1, 0.15) is 19.6 Å². The van der Waals surface area contributed by atoms with Gasteiger partial charge in [0.25, 0.3) is 0 Å². The molecule has 0 spiro atoms. The van der Waals surface area contributed by atoms with Gasteiger partial charge in [0.1, 0.15) is 11.7 Å². The number of carbonyl (C=O) groups excluding carboxylic acids is 2. The van der Waals surface area contributed by atoms with E-state index in [4.69, 9.17) is 11.6 Å². The third-order valence-electron chi connectivity index (χ3n) is 4.03. The fourth-order valence-electron chi connectivity index (χ4n) is 2.61. The Bertz CT molecular complexity index is 1070. The lowest BCUT2D eigenvalue weighted by atomic mass is 10.2. The molecule has 3 aromatic heterocycles. The minimum absolute atomic E-state index is 0. The molecule has 0 radical (unpaired) electrons. The van der Waals surface area contributed by atoms with E-state index in [9.17, 15) is 14.0 Å². The molecular weight excluding hydrogens is 401 g/mol. The van der Waals surface area contributed by atoms with Gasteiger partial charge in [-0.3, -0.25) is 9.59 Å². The van der Waals surface area contributed by atoms with E-state index >= 15 is 0 Å². The lowest BCUT2D eigenvalue weighted by Gasteiger charge is -2.15. The van der Waals surface area contributed by atoms with Gasteiger partial charge >= 0.3 is 0 Å². The summed E-state index contributed by atoms with van der Waals surface area (Å²) in [6.45, 7) is 3.52. The van der Waals surface area contributed by atoms with Gasteiger partial charge < -0.3 is 20.9 Å². The number of halogens is 2. The minimum atomic E-state index is -0.761. The van der Waals surface area contributed by atoms with E-state index in [0.29, 0.717) is 28.2 Å². The van der Waals surface area contributed by atoms with E-state index in [1.807, 2.05) is 0 Å². The Hall–Kier alpha value is -3.27. The van der Waals surface area contributed by atoms with E-state index in [0.717, 1.165) is 6.20 Å². The summed E-state index contributed by atoms with van der Waals surface area (Å²) in [5.41, 5.74) is 1.20. The summed E-state index contributed by atoms with van der Waals surface area (Å²) in [7, 11) is 0. The van der Waals surface area contributed by atoms with Gasteiger partial charge in [-0.15, -0.1) is 0 Å². The largest absolute Gasteiger partial charge is 0.356 e. The Morgan fingerprint density at radius 1 is 1.28 bits per heavy atom. The highest BCUT2D eigenvalue weighted by atomic mass is 35.5. The van der Waals surface area contributed by atoms with Crippen LogP contribution >= 0.6 is 11.6 Å². The maximum absolute atomic E-state index is 14.2. The molecule has 1 atom stereocenters. The molecule has 0 saturated carbocycles. The van der Waals surface area contributed by atoms with Crippen LogP contribution in [0.3, 0.4) is 0 Å². The highest BCUT2D eigenvalue weighted by molar-refractivity contribution is 6.31. The molecule has 11 heteroatoms. The van der Waals surface area contributed by atoms with Crippen LogP contribution in [0.15, 0.2) is 24.7 Å². The monoisotopic (exact) mass is 427 g/mol. The van der Waals surface area contributed by atoms with E-state index < -0.39 is 11.9 Å². The number of anilines is 1. The molecule has 0 saturated heterocycles. The van der Waals surface area contributed by atoms with E-state index in [-0.39, 0.29) is 35.7 Å². The number of hydrogen-bond donors (Lipinski definition) is 4. The maximum atomic E-state index is 14.2. The summed E-state index contributed by atoms with van der Waals surface area (Å²) < 4.78 is 14.2. The van der Waals surface area contributed by atoms with Crippen LogP contribution in [0.2, 0.25) is 5.02 Å². The lowest BCUT2D eigenvalue weighted by molar-refractivity contribution is -0.122. The Balaban J connectivity index is 0. The molecule has 0 aliphatic carbocycles. The Morgan fingerprint density at radius 3 is 2.79 bits per heavy atom. The molecule has 3 heterocycles. The number of pyridine rings is 1. The number of aromatic amines is 1. The zero-order chi connectivity index (χ0) is 21.0. The summed E-state index contributed by atoms with van der Waals surface area (Å²) in [5.74, 6) is -1.10. The van der Waals surface area contributed by atoms with Crippen molar-refractivity contribution >= 4 is 40.3 Å². The van der Waals surface area contributed by atoms with E-state index in [2.05, 4.69) is 35.9 Å². The summed E-state index contributed by atoms with van der Waals surface area (Å²) >= 11 is 6.01. The minimum Gasteiger partial charge on any atom is -0.356 e. The maximum Gasteiger partial charge on any atom is 0.242 e. The van der Waals surface area contributed by atoms with E-state index in [1.54, 1.807) is 19.2 Å². The average molecular weight is 428 g/mol. The zero-order valence-electron chi connectivity index (χ0n) is 15.7. The number of hydrogen-bond acceptors (Lipinski definition) is 6. The fourth-order valence-corrected chi connectivity index (χ4v) is 2.77. The predicted molar refractivity (Wildman–Crippen MR) is 115 cm³/mol. The topological polar surface area (TPSA) is 125 Å². The number of carbonyl (C=O) groups is 2. The third kappa shape index (κ3) is 4.96. The van der Waals surface area contributed by atoms with Gasteiger partial charge in [0.15, 0.2) is 17.5 Å². The molecule has 0 bridgehead atoms. The summed E-state index contributed by atoms with van der Waals surface area (Å²) in [4.78, 5) is 38.4. The molecule has 0 aliphatic rings. The highest BCUT2D eigenvalue weighted by Gasteiger charge is 2.18. The molecule has 3 aromatic rings. The molecular formula is C18H27ClFN7O2. The van der Waals surface area contributed by atoms with Crippen LogP contribution in [-0.4, -0.2) is 50.9 Å². The number of fused-ring (bicyclic) bond motifs is 1. The van der Waals surface area contributed by atoms with Crippen molar-refractivity contribution in [2.24, 2.45) is 0 Å². The van der Waals surface area contributed by atoms with Crippen molar-refractivity contribution in [1.29, 1.82) is 0 Å². The lowest BCUT2D eigenvalue weighted by Crippen LogP contribution is -2.41. The van der Waals surface area contributed by atoms with Crippen molar-refractivity contribution < 1.29 is 19.7 Å². The van der Waals surface area contributed by atoms with Gasteiger partial charge in [0, 0.05) is 49.1 Å². The summed E-state index contributed by atoms with van der Waals surface area (Å²) in [6, 6.07) is 0.949. The van der Waals surface area contributed by atoms with Crippen LogP contribution in [0, 0.1) is 5.82 Å². The van der Waals surface area contributed by atoms with Crippen molar-refractivity contribution in [3.05, 3.63) is 35.5 Å². The fraction of sp³-hybridized carbons (Fsp3) is 0.278. The van der Waals surface area contributed by atoms with Crippen molar-refractivity contribution in [2.75, 3.05) is 18.4 Å². The van der Waals surface area contributed by atoms with Crippen molar-refractivity contribution in [1.82, 2.24) is 30.6 Å². The summed E-state index contributed by atoms with van der Waals surface area (Å²) in [6.07, 6.45) is 4.20. The number of nitrogens with zero attached hydrogens (tertiary/aromatic N) is 3. The third-order valence-corrected chi connectivity index (χ3v) is 4.23. The van der Waals surface area contributed by atoms with Gasteiger partial charge in [-0.25, -0.2) is 19.3 Å². The van der Waals surface area contributed by atoms with Crippen molar-refractivity contribution in [2.45, 2.75) is 19.9 Å². The molecule has 0 aromatic carbocycles. The molecule has 0 fully saturated rings. The van der Waals surface area contributed by atoms with Gasteiger partial charge in [0.2, 0.25) is 11.8 Å². The summed E-state index contributed by atoms with van der Waals surface area (Å²) in [5, 5.41) is 9.09. The number of amides is 2. The second-order valence-electron chi connectivity index (χ2n) is 6.28. The van der Waals surface area contributed by atoms with Crippen molar-refractivity contribution in [3.8, 4) is 11.4 Å². The van der Waals surface area contributed by atoms with Crippen LogP contribution in [0.25, 0.3) is 22.4 Å².